The lowest BCUT2D eigenvalue weighted by molar-refractivity contribution is -0.704. The molecule has 5 nitrogen and oxygen atoms in total. The van der Waals surface area contributed by atoms with Crippen molar-refractivity contribution in [2.24, 2.45) is 0 Å². The van der Waals surface area contributed by atoms with Crippen molar-refractivity contribution >= 4 is 11.6 Å². The van der Waals surface area contributed by atoms with Gasteiger partial charge in [0.1, 0.15) is 5.69 Å². The molecule has 2 aromatic heterocycles. The van der Waals surface area contributed by atoms with Crippen LogP contribution in [-0.4, -0.2) is 21.1 Å². The third-order valence-electron chi connectivity index (χ3n) is 5.71. The SMILES string of the molecule is CCCCCCCC[n+]1c2c(n(CCCC)c1C)C(=O)c1cccnc1C2=O.[Br-]. The molecular formula is C23H32BrN3O2. The summed E-state index contributed by atoms with van der Waals surface area (Å²) in [5, 5.41) is 0. The maximum Gasteiger partial charge on any atom is 0.255 e. The number of fused-ring (bicyclic) bond motifs is 2. The molecule has 6 heteroatoms. The van der Waals surface area contributed by atoms with Crippen LogP contribution in [0.15, 0.2) is 18.3 Å². The van der Waals surface area contributed by atoms with Gasteiger partial charge in [0, 0.05) is 13.1 Å². The van der Waals surface area contributed by atoms with Crippen LogP contribution in [0.2, 0.25) is 0 Å². The van der Waals surface area contributed by atoms with Crippen LogP contribution in [0.1, 0.15) is 103 Å². The van der Waals surface area contributed by atoms with Crippen molar-refractivity contribution in [2.45, 2.75) is 85.2 Å². The first-order valence-corrected chi connectivity index (χ1v) is 10.8. The van der Waals surface area contributed by atoms with Gasteiger partial charge in [-0.15, -0.1) is 0 Å². The first-order chi connectivity index (χ1) is 13.6. The van der Waals surface area contributed by atoms with E-state index >= 15 is 0 Å². The maximum atomic E-state index is 13.2. The van der Waals surface area contributed by atoms with E-state index in [1.165, 1.54) is 25.7 Å². The molecule has 0 bridgehead atoms. The summed E-state index contributed by atoms with van der Waals surface area (Å²) in [7, 11) is 0. The second-order valence-corrected chi connectivity index (χ2v) is 7.73. The van der Waals surface area contributed by atoms with Crippen molar-refractivity contribution in [2.75, 3.05) is 0 Å². The Bertz CT molecular complexity index is 873. The van der Waals surface area contributed by atoms with Crippen molar-refractivity contribution < 1.29 is 31.1 Å². The highest BCUT2D eigenvalue weighted by atomic mass is 79.9. The van der Waals surface area contributed by atoms with E-state index in [2.05, 4.69) is 28.0 Å². The Morgan fingerprint density at radius 3 is 2.38 bits per heavy atom. The average Bonchev–Trinajstić information content (AvgIpc) is 2.99. The molecular weight excluding hydrogens is 430 g/mol. The molecule has 0 fully saturated rings. The van der Waals surface area contributed by atoms with E-state index in [4.69, 9.17) is 0 Å². The molecule has 2 heterocycles. The quantitative estimate of drug-likeness (QED) is 0.338. The standard InChI is InChI=1S/C23H32N3O2.BrH/c1-4-6-8-9-10-11-16-26-17(3)25(15-7-5-2)20-21(26)23(28)19-18(22(20)27)13-12-14-24-19;/h12-14H,4-11,15-16H2,1-3H3;1H/q+1;/p-1. The van der Waals surface area contributed by atoms with Crippen LogP contribution in [0.4, 0.5) is 0 Å². The Labute approximate surface area is 184 Å². The minimum Gasteiger partial charge on any atom is -1.00 e. The number of nitrogens with zero attached hydrogens (tertiary/aromatic N) is 3. The molecule has 0 radical (unpaired) electrons. The Kier molecular flexibility index (Phi) is 8.75. The van der Waals surface area contributed by atoms with Gasteiger partial charge in [-0.1, -0.05) is 46.0 Å². The highest BCUT2D eigenvalue weighted by Gasteiger charge is 2.43. The van der Waals surface area contributed by atoms with Crippen LogP contribution in [0.25, 0.3) is 0 Å². The van der Waals surface area contributed by atoms with Gasteiger partial charge >= 0.3 is 0 Å². The lowest BCUT2D eigenvalue weighted by Crippen LogP contribution is -3.00. The predicted molar refractivity (Wildman–Crippen MR) is 109 cm³/mol. The number of imidazole rings is 1. The molecule has 1 aliphatic carbocycles. The molecule has 0 saturated heterocycles. The number of aromatic nitrogens is 3. The maximum absolute atomic E-state index is 13.2. The van der Waals surface area contributed by atoms with E-state index in [0.717, 1.165) is 44.6 Å². The number of hydrogen-bond acceptors (Lipinski definition) is 3. The number of rotatable bonds is 10. The van der Waals surface area contributed by atoms with Gasteiger partial charge in [0.05, 0.1) is 18.7 Å². The van der Waals surface area contributed by atoms with Crippen molar-refractivity contribution in [1.29, 1.82) is 0 Å². The molecule has 29 heavy (non-hydrogen) atoms. The molecule has 0 amide bonds. The predicted octanol–water partition coefficient (Wildman–Crippen LogP) is 1.42. The number of ketones is 2. The molecule has 0 saturated carbocycles. The molecule has 0 N–H and O–H groups in total. The summed E-state index contributed by atoms with van der Waals surface area (Å²) in [5.41, 5.74) is 1.83. The van der Waals surface area contributed by atoms with Gasteiger partial charge in [0.2, 0.25) is 17.2 Å². The van der Waals surface area contributed by atoms with Gasteiger partial charge in [0.25, 0.3) is 11.6 Å². The fraction of sp³-hybridized carbons (Fsp3) is 0.565. The molecule has 1 aliphatic rings. The third-order valence-corrected chi connectivity index (χ3v) is 5.71. The zero-order chi connectivity index (χ0) is 20.1. The van der Waals surface area contributed by atoms with Gasteiger partial charge in [-0.05, 0) is 31.4 Å². The van der Waals surface area contributed by atoms with Gasteiger partial charge < -0.3 is 17.0 Å². The van der Waals surface area contributed by atoms with E-state index in [1.54, 1.807) is 18.3 Å². The fourth-order valence-electron chi connectivity index (χ4n) is 4.11. The highest BCUT2D eigenvalue weighted by molar-refractivity contribution is 6.25. The minimum absolute atomic E-state index is 0. The number of carbonyl (C=O) groups excluding carboxylic acids is 2. The smallest absolute Gasteiger partial charge is 0.255 e. The van der Waals surface area contributed by atoms with Crippen LogP contribution < -0.4 is 21.5 Å². The largest absolute Gasteiger partial charge is 1.00 e. The van der Waals surface area contributed by atoms with E-state index in [1.807, 2.05) is 6.92 Å². The number of unbranched alkanes of at least 4 members (excludes halogenated alkanes) is 6. The number of hydrogen-bond donors (Lipinski definition) is 0. The van der Waals surface area contributed by atoms with Crippen molar-refractivity contribution in [3.05, 3.63) is 46.8 Å². The Balaban J connectivity index is 0.00000300. The molecule has 0 aliphatic heterocycles. The lowest BCUT2D eigenvalue weighted by atomic mass is 9.94. The van der Waals surface area contributed by atoms with Crippen LogP contribution in [0, 0.1) is 6.92 Å². The molecule has 3 rings (SSSR count). The fourth-order valence-corrected chi connectivity index (χ4v) is 4.11. The molecule has 0 unspecified atom stereocenters. The first kappa shape index (κ1) is 23.5. The van der Waals surface area contributed by atoms with Gasteiger partial charge in [-0.25, -0.2) is 9.13 Å². The van der Waals surface area contributed by atoms with Crippen LogP contribution in [0.3, 0.4) is 0 Å². The van der Waals surface area contributed by atoms with Crippen LogP contribution in [-0.2, 0) is 13.1 Å². The molecule has 158 valence electrons. The van der Waals surface area contributed by atoms with Gasteiger partial charge in [-0.3, -0.25) is 14.6 Å². The van der Waals surface area contributed by atoms with Crippen molar-refractivity contribution in [3.8, 4) is 0 Å². The van der Waals surface area contributed by atoms with Crippen LogP contribution >= 0.6 is 0 Å². The number of pyridine rings is 1. The summed E-state index contributed by atoms with van der Waals surface area (Å²) < 4.78 is 4.13. The zero-order valence-corrected chi connectivity index (χ0v) is 19.4. The van der Waals surface area contributed by atoms with Gasteiger partial charge in [0.15, 0.2) is 0 Å². The lowest BCUT2D eigenvalue weighted by Gasteiger charge is -2.12. The summed E-state index contributed by atoms with van der Waals surface area (Å²) in [5.74, 6) is 0.814. The Morgan fingerprint density at radius 2 is 1.66 bits per heavy atom. The molecule has 0 aromatic carbocycles. The minimum atomic E-state index is -0.116. The molecule has 0 spiro atoms. The molecule has 2 aromatic rings. The van der Waals surface area contributed by atoms with E-state index in [-0.39, 0.29) is 28.5 Å². The number of halogens is 1. The van der Waals surface area contributed by atoms with Crippen LogP contribution in [0.5, 0.6) is 0 Å². The summed E-state index contributed by atoms with van der Waals surface area (Å²) in [6, 6.07) is 3.45. The summed E-state index contributed by atoms with van der Waals surface area (Å²) in [6.07, 6.45) is 10.8. The third kappa shape index (κ3) is 4.68. The van der Waals surface area contributed by atoms with E-state index in [0.29, 0.717) is 22.6 Å². The monoisotopic (exact) mass is 461 g/mol. The second kappa shape index (κ2) is 10.8. The summed E-state index contributed by atoms with van der Waals surface area (Å²) in [6.45, 7) is 7.94. The average molecular weight is 462 g/mol. The van der Waals surface area contributed by atoms with E-state index < -0.39 is 0 Å². The highest BCUT2D eigenvalue weighted by Crippen LogP contribution is 2.26. The first-order valence-electron chi connectivity index (χ1n) is 10.8. The van der Waals surface area contributed by atoms with Gasteiger partial charge in [-0.2, -0.15) is 0 Å². The van der Waals surface area contributed by atoms with E-state index in [9.17, 15) is 9.59 Å². The zero-order valence-electron chi connectivity index (χ0n) is 17.8. The Morgan fingerprint density at radius 1 is 0.966 bits per heavy atom. The van der Waals surface area contributed by atoms with Crippen molar-refractivity contribution in [3.63, 3.8) is 0 Å². The van der Waals surface area contributed by atoms with Crippen molar-refractivity contribution in [1.82, 2.24) is 9.55 Å². The summed E-state index contributed by atoms with van der Waals surface area (Å²) >= 11 is 0. The normalized spacial score (nSPS) is 12.5. The Hall–Kier alpha value is -1.82. The number of carbonyl (C=O) groups is 2. The topological polar surface area (TPSA) is 55.8 Å². The summed E-state index contributed by atoms with van der Waals surface area (Å²) in [4.78, 5) is 30.7. The molecule has 0 atom stereocenters. The second-order valence-electron chi connectivity index (χ2n) is 7.73.